The smallest absolute Gasteiger partial charge is 0.173 e. The van der Waals surface area contributed by atoms with Gasteiger partial charge in [0.05, 0.1) is 22.1 Å². The summed E-state index contributed by atoms with van der Waals surface area (Å²) in [6.07, 6.45) is 2.10. The van der Waals surface area contributed by atoms with Crippen molar-refractivity contribution < 1.29 is 13.5 Å². The van der Waals surface area contributed by atoms with Gasteiger partial charge in [-0.05, 0) is 50.0 Å². The molecule has 158 valence electrons. The fourth-order valence-corrected chi connectivity index (χ4v) is 4.80. The molecule has 0 fully saturated rings. The molecule has 0 aliphatic carbocycles. The van der Waals surface area contributed by atoms with Gasteiger partial charge in [-0.3, -0.25) is 0 Å². The number of benzene rings is 1. The Morgan fingerprint density at radius 2 is 2.03 bits per heavy atom. The first kappa shape index (κ1) is 19.8. The molecule has 5 rings (SSSR count). The minimum absolute atomic E-state index is 0.146. The average Bonchev–Trinajstić information content (AvgIpc) is 3.32. The molecular formula is C22H19F2N5OS. The summed E-state index contributed by atoms with van der Waals surface area (Å²) in [6, 6.07) is 9.38. The van der Waals surface area contributed by atoms with Crippen molar-refractivity contribution in [3.8, 4) is 32.7 Å². The molecule has 31 heavy (non-hydrogen) atoms. The summed E-state index contributed by atoms with van der Waals surface area (Å²) in [5.74, 6) is -0.0863. The maximum Gasteiger partial charge on any atom is 0.173 e. The molecule has 0 bridgehead atoms. The van der Waals surface area contributed by atoms with Gasteiger partial charge in [0.15, 0.2) is 11.6 Å². The molecule has 0 N–H and O–H groups in total. The Balaban J connectivity index is 1.60. The van der Waals surface area contributed by atoms with Crippen molar-refractivity contribution in [1.29, 1.82) is 0 Å². The van der Waals surface area contributed by atoms with Crippen molar-refractivity contribution in [2.45, 2.75) is 13.0 Å². The molecule has 0 atom stereocenters. The standard InChI is InChI=1S/C22H19F2N5OS/c1-28(2)11-15-4-6-18-20(27-15)21-13(7-8-30-18)9-19(31-21)22-25-12-26-29(22)17-5-3-14(23)10-16(17)24/h3-6,9-10,12H,7-8,11H2,1-2H3. The highest BCUT2D eigenvalue weighted by molar-refractivity contribution is 7.19. The van der Waals surface area contributed by atoms with Crippen LogP contribution in [0.3, 0.4) is 0 Å². The first-order valence-electron chi connectivity index (χ1n) is 9.76. The summed E-state index contributed by atoms with van der Waals surface area (Å²) in [6.45, 7) is 1.27. The lowest BCUT2D eigenvalue weighted by Crippen LogP contribution is -2.12. The zero-order chi connectivity index (χ0) is 21.5. The summed E-state index contributed by atoms with van der Waals surface area (Å²) in [7, 11) is 4.00. The van der Waals surface area contributed by atoms with Crippen molar-refractivity contribution in [3.63, 3.8) is 0 Å². The number of nitrogens with zero attached hydrogens (tertiary/aromatic N) is 5. The third kappa shape index (κ3) is 3.70. The Morgan fingerprint density at radius 3 is 2.84 bits per heavy atom. The SMILES string of the molecule is CN(C)Cc1ccc2c(n1)-c1sc(-c3ncnn3-c3ccc(F)cc3F)cc1CCO2. The van der Waals surface area contributed by atoms with E-state index in [1.807, 2.05) is 32.3 Å². The Morgan fingerprint density at radius 1 is 1.16 bits per heavy atom. The second-order valence-corrected chi connectivity index (χ2v) is 8.59. The van der Waals surface area contributed by atoms with Crippen LogP contribution < -0.4 is 4.74 Å². The number of rotatable bonds is 4. The first-order valence-corrected chi connectivity index (χ1v) is 10.6. The van der Waals surface area contributed by atoms with Crippen LogP contribution in [0.5, 0.6) is 5.75 Å². The lowest BCUT2D eigenvalue weighted by atomic mass is 10.1. The second-order valence-electron chi connectivity index (χ2n) is 7.54. The van der Waals surface area contributed by atoms with Crippen LogP contribution in [0.15, 0.2) is 42.7 Å². The largest absolute Gasteiger partial charge is 0.491 e. The molecule has 1 aromatic carbocycles. The molecule has 1 aliphatic rings. The average molecular weight is 439 g/mol. The number of thiophene rings is 1. The third-order valence-electron chi connectivity index (χ3n) is 4.95. The van der Waals surface area contributed by atoms with Gasteiger partial charge >= 0.3 is 0 Å². The topological polar surface area (TPSA) is 56.1 Å². The van der Waals surface area contributed by atoms with Crippen molar-refractivity contribution in [2.75, 3.05) is 20.7 Å². The second kappa shape index (κ2) is 7.82. The lowest BCUT2D eigenvalue weighted by Gasteiger charge is -2.12. The van der Waals surface area contributed by atoms with Gasteiger partial charge in [0, 0.05) is 19.0 Å². The summed E-state index contributed by atoms with van der Waals surface area (Å²) in [5, 5.41) is 4.17. The number of aromatic nitrogens is 4. The molecule has 0 saturated carbocycles. The van der Waals surface area contributed by atoms with E-state index < -0.39 is 11.6 Å². The third-order valence-corrected chi connectivity index (χ3v) is 6.13. The number of halogens is 2. The molecule has 0 spiro atoms. The van der Waals surface area contributed by atoms with Gasteiger partial charge in [0.2, 0.25) is 0 Å². The van der Waals surface area contributed by atoms with Crippen LogP contribution >= 0.6 is 11.3 Å². The van der Waals surface area contributed by atoms with E-state index in [0.717, 1.165) is 51.5 Å². The predicted octanol–water partition coefficient (Wildman–Crippen LogP) is 4.33. The molecule has 9 heteroatoms. The molecule has 6 nitrogen and oxygen atoms in total. The van der Waals surface area contributed by atoms with Crippen molar-refractivity contribution >= 4 is 11.3 Å². The quantitative estimate of drug-likeness (QED) is 0.474. The Labute approximate surface area is 181 Å². The number of hydrogen-bond acceptors (Lipinski definition) is 6. The summed E-state index contributed by atoms with van der Waals surface area (Å²) in [4.78, 5) is 13.1. The van der Waals surface area contributed by atoms with Gasteiger partial charge < -0.3 is 9.64 Å². The van der Waals surface area contributed by atoms with Crippen molar-refractivity contribution in [2.24, 2.45) is 0 Å². The maximum absolute atomic E-state index is 14.4. The van der Waals surface area contributed by atoms with E-state index in [2.05, 4.69) is 15.0 Å². The predicted molar refractivity (Wildman–Crippen MR) is 114 cm³/mol. The monoisotopic (exact) mass is 439 g/mol. The van der Waals surface area contributed by atoms with E-state index in [4.69, 9.17) is 9.72 Å². The van der Waals surface area contributed by atoms with Crippen LogP contribution in [0.2, 0.25) is 0 Å². The maximum atomic E-state index is 14.4. The molecule has 4 heterocycles. The van der Waals surface area contributed by atoms with Gasteiger partial charge in [-0.15, -0.1) is 11.3 Å². The number of fused-ring (bicyclic) bond motifs is 3. The van der Waals surface area contributed by atoms with Gasteiger partial charge in [-0.1, -0.05) is 0 Å². The fraction of sp³-hybridized carbons (Fsp3) is 0.227. The zero-order valence-corrected chi connectivity index (χ0v) is 17.8. The molecule has 4 aromatic rings. The Bertz CT molecular complexity index is 1270. The van der Waals surface area contributed by atoms with E-state index in [1.54, 1.807) is 0 Å². The van der Waals surface area contributed by atoms with Gasteiger partial charge in [0.25, 0.3) is 0 Å². The number of ether oxygens (including phenoxy) is 1. The molecule has 0 radical (unpaired) electrons. The number of pyridine rings is 1. The van der Waals surface area contributed by atoms with Crippen molar-refractivity contribution in [3.05, 3.63) is 65.6 Å². The summed E-state index contributed by atoms with van der Waals surface area (Å²) < 4.78 is 35.0. The molecule has 3 aromatic heterocycles. The van der Waals surface area contributed by atoms with Crippen LogP contribution in [0.1, 0.15) is 11.3 Å². The lowest BCUT2D eigenvalue weighted by molar-refractivity contribution is 0.325. The van der Waals surface area contributed by atoms with Crippen LogP contribution in [-0.4, -0.2) is 45.4 Å². The zero-order valence-electron chi connectivity index (χ0n) is 17.0. The summed E-state index contributed by atoms with van der Waals surface area (Å²) in [5.41, 5.74) is 3.00. The van der Waals surface area contributed by atoms with Gasteiger partial charge in [-0.2, -0.15) is 5.10 Å². The van der Waals surface area contributed by atoms with E-state index in [0.29, 0.717) is 12.4 Å². The van der Waals surface area contributed by atoms with E-state index in [-0.39, 0.29) is 5.69 Å². The van der Waals surface area contributed by atoms with E-state index in [1.165, 1.54) is 34.5 Å². The molecule has 1 aliphatic heterocycles. The number of hydrogen-bond donors (Lipinski definition) is 0. The normalized spacial score (nSPS) is 12.9. The molecule has 0 amide bonds. The first-order chi connectivity index (χ1) is 15.0. The molecule has 0 unspecified atom stereocenters. The fourth-order valence-electron chi connectivity index (χ4n) is 3.61. The molecular weight excluding hydrogens is 420 g/mol. The van der Waals surface area contributed by atoms with E-state index >= 15 is 0 Å². The van der Waals surface area contributed by atoms with Crippen LogP contribution in [0.4, 0.5) is 8.78 Å². The van der Waals surface area contributed by atoms with Gasteiger partial charge in [0.1, 0.15) is 29.3 Å². The van der Waals surface area contributed by atoms with Crippen LogP contribution in [0, 0.1) is 11.6 Å². The summed E-state index contributed by atoms with van der Waals surface area (Å²) >= 11 is 1.52. The van der Waals surface area contributed by atoms with E-state index in [9.17, 15) is 8.78 Å². The van der Waals surface area contributed by atoms with Crippen LogP contribution in [-0.2, 0) is 13.0 Å². The minimum Gasteiger partial charge on any atom is -0.491 e. The molecule has 0 saturated heterocycles. The Hall–Kier alpha value is -3.17. The highest BCUT2D eigenvalue weighted by Gasteiger charge is 2.23. The Kier molecular flexibility index (Phi) is 4.99. The van der Waals surface area contributed by atoms with Crippen LogP contribution in [0.25, 0.3) is 27.0 Å². The van der Waals surface area contributed by atoms with Crippen molar-refractivity contribution in [1.82, 2.24) is 24.6 Å². The minimum atomic E-state index is -0.696. The highest BCUT2D eigenvalue weighted by Crippen LogP contribution is 2.42. The highest BCUT2D eigenvalue weighted by atomic mass is 32.1. The van der Waals surface area contributed by atoms with Gasteiger partial charge in [-0.25, -0.2) is 23.4 Å².